The van der Waals surface area contributed by atoms with Crippen molar-refractivity contribution in [1.82, 2.24) is 10.2 Å². The van der Waals surface area contributed by atoms with E-state index in [1.807, 2.05) is 25.7 Å². The van der Waals surface area contributed by atoms with E-state index in [2.05, 4.69) is 5.32 Å². The van der Waals surface area contributed by atoms with Crippen LogP contribution >= 0.6 is 0 Å². The molecule has 1 saturated heterocycles. The first kappa shape index (κ1) is 11.4. The molecular formula is C12H20N2O2. The molecule has 1 saturated carbocycles. The van der Waals surface area contributed by atoms with Gasteiger partial charge in [-0.2, -0.15) is 0 Å². The molecule has 2 unspecified atom stereocenters. The molecule has 2 aliphatic rings. The SMILES string of the molecule is CCC1NC(=O)C(C(C)C)N(C2CC2)C1=O. The zero-order valence-electron chi connectivity index (χ0n) is 10.2. The molecule has 1 heterocycles. The minimum absolute atomic E-state index is 0.0216. The van der Waals surface area contributed by atoms with E-state index in [0.717, 1.165) is 12.8 Å². The predicted molar refractivity (Wildman–Crippen MR) is 60.7 cm³/mol. The van der Waals surface area contributed by atoms with Crippen LogP contribution in [0.5, 0.6) is 0 Å². The van der Waals surface area contributed by atoms with E-state index in [-0.39, 0.29) is 29.8 Å². The van der Waals surface area contributed by atoms with Crippen LogP contribution < -0.4 is 5.32 Å². The second-order valence-corrected chi connectivity index (χ2v) is 5.13. The van der Waals surface area contributed by atoms with Crippen LogP contribution in [-0.4, -0.2) is 34.8 Å². The first-order valence-electron chi connectivity index (χ1n) is 6.18. The average Bonchev–Trinajstić information content (AvgIpc) is 3.03. The molecule has 0 aromatic rings. The molecule has 90 valence electrons. The van der Waals surface area contributed by atoms with Crippen LogP contribution in [-0.2, 0) is 9.59 Å². The van der Waals surface area contributed by atoms with Crippen LogP contribution in [0.25, 0.3) is 0 Å². The third-order valence-corrected chi connectivity index (χ3v) is 3.42. The third-order valence-electron chi connectivity index (χ3n) is 3.42. The van der Waals surface area contributed by atoms with Crippen molar-refractivity contribution in [3.05, 3.63) is 0 Å². The summed E-state index contributed by atoms with van der Waals surface area (Å²) in [6.45, 7) is 5.93. The Hall–Kier alpha value is -1.06. The van der Waals surface area contributed by atoms with Crippen LogP contribution in [0.15, 0.2) is 0 Å². The second kappa shape index (κ2) is 4.07. The van der Waals surface area contributed by atoms with Gasteiger partial charge in [-0.25, -0.2) is 0 Å². The van der Waals surface area contributed by atoms with E-state index < -0.39 is 0 Å². The largest absolute Gasteiger partial charge is 0.343 e. The summed E-state index contributed by atoms with van der Waals surface area (Å²) in [6.07, 6.45) is 2.79. The zero-order valence-corrected chi connectivity index (χ0v) is 10.2. The summed E-state index contributed by atoms with van der Waals surface area (Å²) >= 11 is 0. The number of nitrogens with zero attached hydrogens (tertiary/aromatic N) is 1. The zero-order chi connectivity index (χ0) is 11.9. The molecule has 0 aromatic carbocycles. The maximum Gasteiger partial charge on any atom is 0.246 e. The number of piperazine rings is 1. The van der Waals surface area contributed by atoms with Gasteiger partial charge >= 0.3 is 0 Å². The first-order chi connectivity index (χ1) is 7.56. The van der Waals surface area contributed by atoms with Crippen LogP contribution in [0.4, 0.5) is 0 Å². The number of carbonyl (C=O) groups excluding carboxylic acids is 2. The van der Waals surface area contributed by atoms with E-state index in [1.165, 1.54) is 0 Å². The highest BCUT2D eigenvalue weighted by Gasteiger charge is 2.47. The summed E-state index contributed by atoms with van der Waals surface area (Å²) < 4.78 is 0. The van der Waals surface area contributed by atoms with Gasteiger partial charge in [0, 0.05) is 6.04 Å². The summed E-state index contributed by atoms with van der Waals surface area (Å²) in [4.78, 5) is 26.0. The molecule has 0 spiro atoms. The van der Waals surface area contributed by atoms with Crippen LogP contribution in [0, 0.1) is 5.92 Å². The normalized spacial score (nSPS) is 30.9. The molecule has 2 fully saturated rings. The van der Waals surface area contributed by atoms with Crippen molar-refractivity contribution in [2.45, 2.75) is 58.2 Å². The summed E-state index contributed by atoms with van der Waals surface area (Å²) in [5.41, 5.74) is 0. The van der Waals surface area contributed by atoms with Crippen molar-refractivity contribution in [2.24, 2.45) is 5.92 Å². The van der Waals surface area contributed by atoms with E-state index in [1.54, 1.807) is 0 Å². The van der Waals surface area contributed by atoms with Gasteiger partial charge in [-0.15, -0.1) is 0 Å². The summed E-state index contributed by atoms with van der Waals surface area (Å²) in [6, 6.07) is -0.245. The molecule has 0 bridgehead atoms. The average molecular weight is 224 g/mol. The van der Waals surface area contributed by atoms with Gasteiger partial charge in [-0.1, -0.05) is 20.8 Å². The highest BCUT2D eigenvalue weighted by molar-refractivity contribution is 5.97. The number of hydrogen-bond donors (Lipinski definition) is 1. The van der Waals surface area contributed by atoms with Gasteiger partial charge in [0.25, 0.3) is 0 Å². The number of nitrogens with one attached hydrogen (secondary N) is 1. The minimum Gasteiger partial charge on any atom is -0.343 e. The topological polar surface area (TPSA) is 49.4 Å². The van der Waals surface area contributed by atoms with Crippen molar-refractivity contribution in [3.63, 3.8) is 0 Å². The fourth-order valence-electron chi connectivity index (χ4n) is 2.42. The molecular weight excluding hydrogens is 204 g/mol. The number of rotatable bonds is 3. The van der Waals surface area contributed by atoms with Crippen molar-refractivity contribution in [2.75, 3.05) is 0 Å². The van der Waals surface area contributed by atoms with E-state index in [9.17, 15) is 9.59 Å². The Morgan fingerprint density at radius 2 is 2.00 bits per heavy atom. The maximum absolute atomic E-state index is 12.2. The Labute approximate surface area is 96.4 Å². The lowest BCUT2D eigenvalue weighted by Crippen LogP contribution is -2.65. The monoisotopic (exact) mass is 224 g/mol. The molecule has 1 N–H and O–H groups in total. The first-order valence-corrected chi connectivity index (χ1v) is 6.18. The minimum atomic E-state index is -0.303. The van der Waals surface area contributed by atoms with Gasteiger partial charge in [0.1, 0.15) is 12.1 Å². The predicted octanol–water partition coefficient (Wildman–Crippen LogP) is 0.910. The molecule has 2 rings (SSSR count). The number of hydrogen-bond acceptors (Lipinski definition) is 2. The highest BCUT2D eigenvalue weighted by Crippen LogP contribution is 2.33. The van der Waals surface area contributed by atoms with Crippen molar-refractivity contribution in [1.29, 1.82) is 0 Å². The van der Waals surface area contributed by atoms with E-state index >= 15 is 0 Å². The van der Waals surface area contributed by atoms with Crippen LogP contribution in [0.3, 0.4) is 0 Å². The molecule has 0 aromatic heterocycles. The molecule has 2 amide bonds. The second-order valence-electron chi connectivity index (χ2n) is 5.13. The molecule has 4 heteroatoms. The van der Waals surface area contributed by atoms with Gasteiger partial charge in [0.05, 0.1) is 0 Å². The van der Waals surface area contributed by atoms with Gasteiger partial charge < -0.3 is 10.2 Å². The van der Waals surface area contributed by atoms with Crippen molar-refractivity contribution < 1.29 is 9.59 Å². The van der Waals surface area contributed by atoms with Gasteiger partial charge in [0.15, 0.2) is 0 Å². The third kappa shape index (κ3) is 1.81. The Balaban J connectivity index is 2.24. The molecule has 16 heavy (non-hydrogen) atoms. The van der Waals surface area contributed by atoms with Gasteiger partial charge in [-0.3, -0.25) is 9.59 Å². The molecule has 1 aliphatic heterocycles. The standard InChI is InChI=1S/C12H20N2O2/c1-4-9-12(16)14(8-5-6-8)10(7(2)3)11(15)13-9/h7-10H,4-6H2,1-3H3,(H,13,15). The summed E-state index contributed by atoms with van der Waals surface area (Å²) in [5.74, 6) is 0.319. The Morgan fingerprint density at radius 3 is 2.44 bits per heavy atom. The van der Waals surface area contributed by atoms with Crippen molar-refractivity contribution in [3.8, 4) is 0 Å². The smallest absolute Gasteiger partial charge is 0.246 e. The Bertz CT molecular complexity index is 310. The Kier molecular flexibility index (Phi) is 2.91. The van der Waals surface area contributed by atoms with E-state index in [4.69, 9.17) is 0 Å². The van der Waals surface area contributed by atoms with Gasteiger partial charge in [0.2, 0.25) is 11.8 Å². The fourth-order valence-corrected chi connectivity index (χ4v) is 2.42. The lowest BCUT2D eigenvalue weighted by Gasteiger charge is -2.40. The number of carbonyl (C=O) groups is 2. The highest BCUT2D eigenvalue weighted by atomic mass is 16.2. The summed E-state index contributed by atoms with van der Waals surface area (Å²) in [7, 11) is 0. The van der Waals surface area contributed by atoms with Crippen LogP contribution in [0.2, 0.25) is 0 Å². The van der Waals surface area contributed by atoms with E-state index in [0.29, 0.717) is 12.5 Å². The Morgan fingerprint density at radius 1 is 1.38 bits per heavy atom. The lowest BCUT2D eigenvalue weighted by molar-refractivity contribution is -0.152. The van der Waals surface area contributed by atoms with Crippen LogP contribution in [0.1, 0.15) is 40.0 Å². The molecule has 1 aliphatic carbocycles. The quantitative estimate of drug-likeness (QED) is 0.774. The molecule has 2 atom stereocenters. The van der Waals surface area contributed by atoms with Gasteiger partial charge in [-0.05, 0) is 25.2 Å². The maximum atomic E-state index is 12.2. The molecule has 4 nitrogen and oxygen atoms in total. The lowest BCUT2D eigenvalue weighted by atomic mass is 9.96. The summed E-state index contributed by atoms with van der Waals surface area (Å²) in [5, 5.41) is 2.83. The van der Waals surface area contributed by atoms with Crippen molar-refractivity contribution >= 4 is 11.8 Å². The fraction of sp³-hybridized carbons (Fsp3) is 0.833. The number of amides is 2. The molecule has 0 radical (unpaired) electrons.